The summed E-state index contributed by atoms with van der Waals surface area (Å²) < 4.78 is 23.9. The Kier molecular flexibility index (Phi) is 6.08. The Balaban J connectivity index is 1.60. The number of ether oxygens (including phenoxy) is 1. The van der Waals surface area contributed by atoms with Gasteiger partial charge in [0.15, 0.2) is 0 Å². The highest BCUT2D eigenvalue weighted by molar-refractivity contribution is 8.00. The largest absolute Gasteiger partial charge is 0.494 e. The van der Waals surface area contributed by atoms with Crippen LogP contribution >= 0.6 is 11.8 Å². The number of amides is 1. The molecule has 3 aromatic rings. The summed E-state index contributed by atoms with van der Waals surface area (Å²) in [7, 11) is 0. The number of rotatable bonds is 7. The molecule has 0 unspecified atom stereocenters. The summed E-state index contributed by atoms with van der Waals surface area (Å²) in [5.41, 5.74) is 1.29. The van der Waals surface area contributed by atoms with Gasteiger partial charge in [-0.05, 0) is 62.4 Å². The first kappa shape index (κ1) is 18.9. The number of carbonyl (C=O) groups excluding carboxylic acids is 1. The van der Waals surface area contributed by atoms with Gasteiger partial charge in [-0.2, -0.15) is 0 Å². The van der Waals surface area contributed by atoms with E-state index in [1.54, 1.807) is 6.92 Å². The first-order chi connectivity index (χ1) is 13.0. The van der Waals surface area contributed by atoms with Gasteiger partial charge in [-0.15, -0.1) is 10.2 Å². The van der Waals surface area contributed by atoms with Crippen molar-refractivity contribution in [1.29, 1.82) is 0 Å². The minimum Gasteiger partial charge on any atom is -0.494 e. The zero-order valence-electron chi connectivity index (χ0n) is 14.8. The predicted octanol–water partition coefficient (Wildman–Crippen LogP) is 4.39. The zero-order chi connectivity index (χ0) is 19.2. The summed E-state index contributed by atoms with van der Waals surface area (Å²) >= 11 is 1.15. The van der Waals surface area contributed by atoms with Gasteiger partial charge in [0.1, 0.15) is 11.6 Å². The number of hydrogen-bond acceptors (Lipinski definition) is 6. The fourth-order valence-corrected chi connectivity index (χ4v) is 2.90. The van der Waals surface area contributed by atoms with Crippen molar-refractivity contribution in [3.05, 3.63) is 54.3 Å². The fourth-order valence-electron chi connectivity index (χ4n) is 2.22. The number of nitrogens with zero attached hydrogens (tertiary/aromatic N) is 2. The lowest BCUT2D eigenvalue weighted by atomic mass is 10.2. The quantitative estimate of drug-likeness (QED) is 0.606. The molecule has 0 radical (unpaired) electrons. The minimum absolute atomic E-state index is 0.243. The van der Waals surface area contributed by atoms with Gasteiger partial charge in [0.25, 0.3) is 5.22 Å². The van der Waals surface area contributed by atoms with E-state index in [1.807, 2.05) is 31.2 Å². The maximum Gasteiger partial charge on any atom is 0.277 e. The average molecular weight is 387 g/mol. The maximum absolute atomic E-state index is 12.9. The van der Waals surface area contributed by atoms with Crippen LogP contribution in [0.2, 0.25) is 0 Å². The summed E-state index contributed by atoms with van der Waals surface area (Å²) in [6.45, 7) is 4.24. The summed E-state index contributed by atoms with van der Waals surface area (Å²) in [5, 5.41) is 10.5. The van der Waals surface area contributed by atoms with Crippen molar-refractivity contribution in [2.24, 2.45) is 0 Å². The Bertz CT molecular complexity index is 897. The number of hydrogen-bond donors (Lipinski definition) is 1. The standard InChI is InChI=1S/C19H18FN3O3S/c1-3-25-16-10-4-13(5-11-16)18-22-23-19(26-18)27-12(2)17(24)21-15-8-6-14(20)7-9-15/h4-12H,3H2,1-2H3,(H,21,24)/t12-/m1/s1. The second-order valence-electron chi connectivity index (χ2n) is 5.59. The molecule has 1 atom stereocenters. The Hall–Kier alpha value is -2.87. The lowest BCUT2D eigenvalue weighted by Gasteiger charge is -2.09. The van der Waals surface area contributed by atoms with Crippen LogP contribution in [0.15, 0.2) is 58.2 Å². The molecule has 0 spiro atoms. The average Bonchev–Trinajstić information content (AvgIpc) is 3.13. The number of thioether (sulfide) groups is 1. The molecule has 8 heteroatoms. The third kappa shape index (κ3) is 5.07. The molecule has 2 aromatic carbocycles. The van der Waals surface area contributed by atoms with Gasteiger partial charge in [-0.25, -0.2) is 4.39 Å². The molecule has 1 aromatic heterocycles. The van der Waals surface area contributed by atoms with Crippen LogP contribution in [-0.4, -0.2) is 28.0 Å². The minimum atomic E-state index is -0.469. The van der Waals surface area contributed by atoms with Crippen molar-refractivity contribution < 1.29 is 18.3 Å². The van der Waals surface area contributed by atoms with E-state index in [4.69, 9.17) is 9.15 Å². The Morgan fingerprint density at radius 2 is 1.89 bits per heavy atom. The molecule has 27 heavy (non-hydrogen) atoms. The van der Waals surface area contributed by atoms with Crippen LogP contribution in [-0.2, 0) is 4.79 Å². The molecule has 0 aliphatic heterocycles. The molecule has 1 amide bonds. The van der Waals surface area contributed by atoms with Crippen LogP contribution in [0.1, 0.15) is 13.8 Å². The molecule has 0 bridgehead atoms. The van der Waals surface area contributed by atoms with Gasteiger partial charge < -0.3 is 14.5 Å². The van der Waals surface area contributed by atoms with Crippen molar-refractivity contribution in [1.82, 2.24) is 10.2 Å². The van der Waals surface area contributed by atoms with Crippen LogP contribution in [0, 0.1) is 5.82 Å². The maximum atomic E-state index is 12.9. The van der Waals surface area contributed by atoms with E-state index in [-0.39, 0.29) is 11.7 Å². The first-order valence-corrected chi connectivity index (χ1v) is 9.23. The van der Waals surface area contributed by atoms with E-state index < -0.39 is 5.25 Å². The van der Waals surface area contributed by atoms with Crippen LogP contribution in [0.5, 0.6) is 5.75 Å². The summed E-state index contributed by atoms with van der Waals surface area (Å²) in [6.07, 6.45) is 0. The van der Waals surface area contributed by atoms with Gasteiger partial charge >= 0.3 is 0 Å². The molecule has 0 aliphatic carbocycles. The first-order valence-electron chi connectivity index (χ1n) is 8.35. The third-order valence-corrected chi connectivity index (χ3v) is 4.51. The van der Waals surface area contributed by atoms with Crippen LogP contribution in [0.25, 0.3) is 11.5 Å². The number of nitrogens with one attached hydrogen (secondary N) is 1. The van der Waals surface area contributed by atoms with Crippen LogP contribution in [0.4, 0.5) is 10.1 Å². The monoisotopic (exact) mass is 387 g/mol. The molecule has 1 N–H and O–H groups in total. The van der Waals surface area contributed by atoms with Crippen molar-refractivity contribution in [2.45, 2.75) is 24.3 Å². The molecule has 0 aliphatic rings. The fraction of sp³-hybridized carbons (Fsp3) is 0.211. The third-order valence-electron chi connectivity index (χ3n) is 3.58. The summed E-state index contributed by atoms with van der Waals surface area (Å²) in [6, 6.07) is 12.9. The molecule has 140 valence electrons. The molecular weight excluding hydrogens is 369 g/mol. The van der Waals surface area contributed by atoms with Gasteiger partial charge in [0, 0.05) is 11.3 Å². The van der Waals surface area contributed by atoms with Crippen molar-refractivity contribution in [3.63, 3.8) is 0 Å². The van der Waals surface area contributed by atoms with E-state index in [2.05, 4.69) is 15.5 Å². The van der Waals surface area contributed by atoms with E-state index >= 15 is 0 Å². The van der Waals surface area contributed by atoms with E-state index in [0.29, 0.717) is 23.4 Å². The lowest BCUT2D eigenvalue weighted by Crippen LogP contribution is -2.22. The number of benzene rings is 2. The van der Waals surface area contributed by atoms with Gasteiger partial charge in [0.2, 0.25) is 11.8 Å². The Morgan fingerprint density at radius 3 is 2.56 bits per heavy atom. The SMILES string of the molecule is CCOc1ccc(-c2nnc(S[C@H](C)C(=O)Nc3ccc(F)cc3)o2)cc1. The second-order valence-corrected chi connectivity index (χ2v) is 6.88. The molecule has 0 fully saturated rings. The van der Waals surface area contributed by atoms with Crippen molar-refractivity contribution >= 4 is 23.4 Å². The van der Waals surface area contributed by atoms with Gasteiger partial charge in [0.05, 0.1) is 11.9 Å². The zero-order valence-corrected chi connectivity index (χ0v) is 15.6. The molecule has 0 saturated heterocycles. The summed E-state index contributed by atoms with van der Waals surface area (Å²) in [4.78, 5) is 12.2. The second kappa shape index (κ2) is 8.68. The normalized spacial score (nSPS) is 11.8. The van der Waals surface area contributed by atoms with Crippen molar-refractivity contribution in [3.8, 4) is 17.2 Å². The number of anilines is 1. The highest BCUT2D eigenvalue weighted by Crippen LogP contribution is 2.27. The van der Waals surface area contributed by atoms with Crippen LogP contribution in [0.3, 0.4) is 0 Å². The van der Waals surface area contributed by atoms with Crippen molar-refractivity contribution in [2.75, 3.05) is 11.9 Å². The predicted molar refractivity (Wildman–Crippen MR) is 101 cm³/mol. The van der Waals surface area contributed by atoms with Crippen LogP contribution < -0.4 is 10.1 Å². The highest BCUT2D eigenvalue weighted by atomic mass is 32.2. The number of halogens is 1. The van der Waals surface area contributed by atoms with E-state index in [9.17, 15) is 9.18 Å². The van der Waals surface area contributed by atoms with E-state index in [1.165, 1.54) is 24.3 Å². The molecule has 0 saturated carbocycles. The molecule has 6 nitrogen and oxygen atoms in total. The Labute approximate surface area is 160 Å². The van der Waals surface area contributed by atoms with Gasteiger partial charge in [-0.1, -0.05) is 11.8 Å². The lowest BCUT2D eigenvalue weighted by molar-refractivity contribution is -0.115. The number of aromatic nitrogens is 2. The molecule has 1 heterocycles. The van der Waals surface area contributed by atoms with Gasteiger partial charge in [-0.3, -0.25) is 4.79 Å². The topological polar surface area (TPSA) is 77.2 Å². The Morgan fingerprint density at radius 1 is 1.19 bits per heavy atom. The number of carbonyl (C=O) groups is 1. The molecular formula is C19H18FN3O3S. The highest BCUT2D eigenvalue weighted by Gasteiger charge is 2.19. The smallest absolute Gasteiger partial charge is 0.277 e. The molecule has 3 rings (SSSR count). The van der Waals surface area contributed by atoms with E-state index in [0.717, 1.165) is 23.1 Å². The summed E-state index contributed by atoms with van der Waals surface area (Å²) in [5.74, 6) is 0.531.